The van der Waals surface area contributed by atoms with Crippen LogP contribution in [0.4, 0.5) is 0 Å². The molecule has 1 atom stereocenters. The molecule has 16 heavy (non-hydrogen) atoms. The van der Waals surface area contributed by atoms with E-state index in [0.717, 1.165) is 11.3 Å². The normalized spacial score (nSPS) is 11.9. The van der Waals surface area contributed by atoms with E-state index < -0.39 is 6.04 Å². The SMILES string of the molecule is Cc1ccccc1OCCNC(=O)C(C)N. The largest absolute Gasteiger partial charge is 0.491 e. The summed E-state index contributed by atoms with van der Waals surface area (Å²) in [6, 6.07) is 7.29. The third kappa shape index (κ3) is 3.90. The molecule has 0 bridgehead atoms. The lowest BCUT2D eigenvalue weighted by atomic mass is 10.2. The molecule has 4 nitrogen and oxygen atoms in total. The van der Waals surface area contributed by atoms with Crippen LogP contribution in [0.3, 0.4) is 0 Å². The molecule has 1 aromatic rings. The summed E-state index contributed by atoms with van der Waals surface area (Å²) in [6.07, 6.45) is 0. The van der Waals surface area contributed by atoms with Crippen LogP contribution in [0.15, 0.2) is 24.3 Å². The first-order chi connectivity index (χ1) is 7.61. The maximum Gasteiger partial charge on any atom is 0.236 e. The van der Waals surface area contributed by atoms with Crippen molar-refractivity contribution in [2.75, 3.05) is 13.2 Å². The summed E-state index contributed by atoms with van der Waals surface area (Å²) in [7, 11) is 0. The fourth-order valence-corrected chi connectivity index (χ4v) is 1.21. The van der Waals surface area contributed by atoms with Gasteiger partial charge in [-0.05, 0) is 25.5 Å². The van der Waals surface area contributed by atoms with Gasteiger partial charge in [0.2, 0.25) is 5.91 Å². The Bertz CT molecular complexity index is 351. The van der Waals surface area contributed by atoms with Crippen molar-refractivity contribution in [2.45, 2.75) is 19.9 Å². The van der Waals surface area contributed by atoms with Gasteiger partial charge in [0.05, 0.1) is 12.6 Å². The zero-order valence-corrected chi connectivity index (χ0v) is 9.69. The number of nitrogens with two attached hydrogens (primary N) is 1. The third-order valence-corrected chi connectivity index (χ3v) is 2.17. The second-order valence-electron chi connectivity index (χ2n) is 3.69. The van der Waals surface area contributed by atoms with Crippen molar-refractivity contribution in [3.8, 4) is 5.75 Å². The van der Waals surface area contributed by atoms with E-state index in [0.29, 0.717) is 13.2 Å². The lowest BCUT2D eigenvalue weighted by Crippen LogP contribution is -2.40. The molecule has 0 spiro atoms. The van der Waals surface area contributed by atoms with Crippen LogP contribution in [0.5, 0.6) is 5.75 Å². The number of hydrogen-bond acceptors (Lipinski definition) is 3. The molecule has 1 amide bonds. The van der Waals surface area contributed by atoms with E-state index in [-0.39, 0.29) is 5.91 Å². The van der Waals surface area contributed by atoms with Crippen molar-refractivity contribution in [3.05, 3.63) is 29.8 Å². The van der Waals surface area contributed by atoms with Gasteiger partial charge in [-0.2, -0.15) is 0 Å². The van der Waals surface area contributed by atoms with Crippen molar-refractivity contribution in [1.82, 2.24) is 5.32 Å². The Hall–Kier alpha value is -1.55. The van der Waals surface area contributed by atoms with Crippen LogP contribution in [0.2, 0.25) is 0 Å². The van der Waals surface area contributed by atoms with E-state index in [1.54, 1.807) is 6.92 Å². The molecule has 88 valence electrons. The van der Waals surface area contributed by atoms with Crippen LogP contribution < -0.4 is 15.8 Å². The van der Waals surface area contributed by atoms with Gasteiger partial charge in [0, 0.05) is 0 Å². The Kier molecular flexibility index (Phi) is 4.79. The second kappa shape index (κ2) is 6.12. The molecule has 0 aliphatic carbocycles. The highest BCUT2D eigenvalue weighted by atomic mass is 16.5. The quantitative estimate of drug-likeness (QED) is 0.725. The first-order valence-electron chi connectivity index (χ1n) is 5.33. The summed E-state index contributed by atoms with van der Waals surface area (Å²) >= 11 is 0. The zero-order chi connectivity index (χ0) is 12.0. The van der Waals surface area contributed by atoms with Gasteiger partial charge < -0.3 is 15.8 Å². The monoisotopic (exact) mass is 222 g/mol. The molecule has 0 aromatic heterocycles. The molecule has 0 radical (unpaired) electrons. The van der Waals surface area contributed by atoms with Crippen molar-refractivity contribution in [3.63, 3.8) is 0 Å². The maximum absolute atomic E-state index is 11.1. The number of aryl methyl sites for hydroxylation is 1. The fourth-order valence-electron chi connectivity index (χ4n) is 1.21. The molecule has 0 saturated carbocycles. The van der Waals surface area contributed by atoms with Crippen molar-refractivity contribution < 1.29 is 9.53 Å². The molecule has 3 N–H and O–H groups in total. The molecule has 0 fully saturated rings. The number of rotatable bonds is 5. The Morgan fingerprint density at radius 3 is 2.81 bits per heavy atom. The highest BCUT2D eigenvalue weighted by Crippen LogP contribution is 2.15. The first kappa shape index (κ1) is 12.5. The van der Waals surface area contributed by atoms with Gasteiger partial charge >= 0.3 is 0 Å². The van der Waals surface area contributed by atoms with E-state index in [9.17, 15) is 4.79 Å². The van der Waals surface area contributed by atoms with Gasteiger partial charge in [0.1, 0.15) is 12.4 Å². The van der Waals surface area contributed by atoms with E-state index in [2.05, 4.69) is 5.32 Å². The summed E-state index contributed by atoms with van der Waals surface area (Å²) in [5, 5.41) is 2.68. The Morgan fingerprint density at radius 1 is 1.50 bits per heavy atom. The summed E-state index contributed by atoms with van der Waals surface area (Å²) in [4.78, 5) is 11.1. The van der Waals surface area contributed by atoms with Crippen LogP contribution in [0, 0.1) is 6.92 Å². The number of hydrogen-bond donors (Lipinski definition) is 2. The number of nitrogens with one attached hydrogen (secondary N) is 1. The molecular weight excluding hydrogens is 204 g/mol. The minimum absolute atomic E-state index is 0.159. The number of carbonyl (C=O) groups is 1. The first-order valence-corrected chi connectivity index (χ1v) is 5.33. The molecule has 1 aromatic carbocycles. The third-order valence-electron chi connectivity index (χ3n) is 2.17. The minimum Gasteiger partial charge on any atom is -0.491 e. The smallest absolute Gasteiger partial charge is 0.236 e. The zero-order valence-electron chi connectivity index (χ0n) is 9.69. The van der Waals surface area contributed by atoms with Crippen LogP contribution >= 0.6 is 0 Å². The van der Waals surface area contributed by atoms with Gasteiger partial charge in [-0.3, -0.25) is 4.79 Å². The molecular formula is C12H18N2O2. The average Bonchev–Trinajstić information content (AvgIpc) is 2.26. The number of carbonyl (C=O) groups excluding carboxylic acids is 1. The number of benzene rings is 1. The Balaban J connectivity index is 2.26. The summed E-state index contributed by atoms with van der Waals surface area (Å²) in [5.74, 6) is 0.686. The highest BCUT2D eigenvalue weighted by Gasteiger charge is 2.05. The van der Waals surface area contributed by atoms with Crippen LogP contribution in [-0.2, 0) is 4.79 Å². The standard InChI is InChI=1S/C12H18N2O2/c1-9-5-3-4-6-11(9)16-8-7-14-12(15)10(2)13/h3-6,10H,7-8,13H2,1-2H3,(H,14,15). The molecule has 0 heterocycles. The number of ether oxygens (including phenoxy) is 1. The van der Waals surface area contributed by atoms with E-state index in [4.69, 9.17) is 10.5 Å². The van der Waals surface area contributed by atoms with Crippen molar-refractivity contribution in [2.24, 2.45) is 5.73 Å². The lowest BCUT2D eigenvalue weighted by molar-refractivity contribution is -0.122. The minimum atomic E-state index is -0.474. The van der Waals surface area contributed by atoms with Crippen LogP contribution in [0.1, 0.15) is 12.5 Å². The van der Waals surface area contributed by atoms with Gasteiger partial charge in [-0.1, -0.05) is 18.2 Å². The molecule has 0 aliphatic rings. The predicted molar refractivity (Wildman–Crippen MR) is 63.3 cm³/mol. The van der Waals surface area contributed by atoms with E-state index in [1.807, 2.05) is 31.2 Å². The highest BCUT2D eigenvalue weighted by molar-refractivity contribution is 5.80. The summed E-state index contributed by atoms with van der Waals surface area (Å²) < 4.78 is 5.51. The Labute approximate surface area is 95.8 Å². The van der Waals surface area contributed by atoms with Crippen LogP contribution in [-0.4, -0.2) is 25.1 Å². The molecule has 0 aliphatic heterocycles. The van der Waals surface area contributed by atoms with Crippen molar-refractivity contribution >= 4 is 5.91 Å². The molecule has 1 unspecified atom stereocenters. The van der Waals surface area contributed by atoms with Gasteiger partial charge in [0.25, 0.3) is 0 Å². The van der Waals surface area contributed by atoms with Gasteiger partial charge in [-0.25, -0.2) is 0 Å². The Morgan fingerprint density at radius 2 is 2.19 bits per heavy atom. The predicted octanol–water partition coefficient (Wildman–Crippen LogP) is 0.837. The maximum atomic E-state index is 11.1. The summed E-state index contributed by atoms with van der Waals surface area (Å²) in [6.45, 7) is 4.55. The lowest BCUT2D eigenvalue weighted by Gasteiger charge is -2.10. The van der Waals surface area contributed by atoms with Crippen LogP contribution in [0.25, 0.3) is 0 Å². The average molecular weight is 222 g/mol. The van der Waals surface area contributed by atoms with Gasteiger partial charge in [0.15, 0.2) is 0 Å². The van der Waals surface area contributed by atoms with Gasteiger partial charge in [-0.15, -0.1) is 0 Å². The molecule has 0 saturated heterocycles. The van der Waals surface area contributed by atoms with E-state index in [1.165, 1.54) is 0 Å². The fraction of sp³-hybridized carbons (Fsp3) is 0.417. The second-order valence-corrected chi connectivity index (χ2v) is 3.69. The summed E-state index contributed by atoms with van der Waals surface area (Å²) in [5.41, 5.74) is 6.48. The topological polar surface area (TPSA) is 64.3 Å². The number of para-hydroxylation sites is 1. The van der Waals surface area contributed by atoms with Crippen molar-refractivity contribution in [1.29, 1.82) is 0 Å². The molecule has 1 rings (SSSR count). The number of amides is 1. The molecule has 4 heteroatoms. The van der Waals surface area contributed by atoms with E-state index >= 15 is 0 Å².